The number of hydrogen-bond acceptors (Lipinski definition) is 6. The molecule has 0 atom stereocenters. The Kier molecular flexibility index (Phi) is 3.47. The fourth-order valence-electron chi connectivity index (χ4n) is 1.45. The lowest BCUT2D eigenvalue weighted by molar-refractivity contribution is 0.0521. The van der Waals surface area contributed by atoms with Gasteiger partial charge in [-0.3, -0.25) is 4.79 Å². The van der Waals surface area contributed by atoms with Crippen LogP contribution < -0.4 is 10.6 Å². The van der Waals surface area contributed by atoms with Gasteiger partial charge in [-0.2, -0.15) is 0 Å². The summed E-state index contributed by atoms with van der Waals surface area (Å²) in [5.41, 5.74) is 6.60. The summed E-state index contributed by atoms with van der Waals surface area (Å²) in [6.07, 6.45) is 1.44. The van der Waals surface area contributed by atoms with Gasteiger partial charge in [0, 0.05) is 11.1 Å². The van der Waals surface area contributed by atoms with Crippen molar-refractivity contribution in [1.29, 1.82) is 0 Å². The molecule has 7 nitrogen and oxygen atoms in total. The van der Waals surface area contributed by atoms with Crippen molar-refractivity contribution < 1.29 is 9.53 Å². The molecule has 0 unspecified atom stereocenters. The summed E-state index contributed by atoms with van der Waals surface area (Å²) in [5, 5.41) is 1.70. The van der Waals surface area contributed by atoms with Crippen molar-refractivity contribution in [3.8, 4) is 0 Å². The highest BCUT2D eigenvalue weighted by Crippen LogP contribution is 2.13. The normalized spacial score (nSPS) is 10.5. The van der Waals surface area contributed by atoms with Crippen LogP contribution in [-0.2, 0) is 11.3 Å². The van der Waals surface area contributed by atoms with E-state index >= 15 is 0 Å². The van der Waals surface area contributed by atoms with Crippen LogP contribution in [0.4, 0.5) is 5.82 Å². The summed E-state index contributed by atoms with van der Waals surface area (Å²) >= 11 is 1.07. The van der Waals surface area contributed by atoms with E-state index in [1.165, 1.54) is 6.33 Å². The van der Waals surface area contributed by atoms with Gasteiger partial charge in [0.05, 0.1) is 19.5 Å². The molecule has 2 heterocycles. The molecule has 0 saturated carbocycles. The van der Waals surface area contributed by atoms with Crippen LogP contribution >= 0.6 is 11.3 Å². The second-order valence-corrected chi connectivity index (χ2v) is 4.34. The van der Waals surface area contributed by atoms with Gasteiger partial charge in [-0.15, -0.1) is 0 Å². The van der Waals surface area contributed by atoms with E-state index in [0.717, 1.165) is 11.3 Å². The maximum Gasteiger partial charge on any atom is 0.360 e. The van der Waals surface area contributed by atoms with Gasteiger partial charge in [-0.25, -0.2) is 9.78 Å². The van der Waals surface area contributed by atoms with Crippen LogP contribution in [0.15, 0.2) is 16.5 Å². The van der Waals surface area contributed by atoms with Crippen LogP contribution in [0.1, 0.15) is 23.1 Å². The Morgan fingerprint density at radius 1 is 1.67 bits per heavy atom. The Balaban J connectivity index is 2.20. The van der Waals surface area contributed by atoms with E-state index in [1.807, 2.05) is 0 Å². The Morgan fingerprint density at radius 2 is 2.44 bits per heavy atom. The second-order valence-electron chi connectivity index (χ2n) is 3.50. The highest BCUT2D eigenvalue weighted by molar-refractivity contribution is 7.07. The number of esters is 1. The van der Waals surface area contributed by atoms with Gasteiger partial charge in [0.25, 0.3) is 0 Å². The topological polar surface area (TPSA) is 103 Å². The van der Waals surface area contributed by atoms with E-state index in [1.54, 1.807) is 16.9 Å². The molecule has 0 spiro atoms. The Morgan fingerprint density at radius 3 is 3.06 bits per heavy atom. The molecule has 0 amide bonds. The Labute approximate surface area is 106 Å². The van der Waals surface area contributed by atoms with Gasteiger partial charge >= 0.3 is 10.8 Å². The van der Waals surface area contributed by atoms with Gasteiger partial charge in [-0.1, -0.05) is 11.3 Å². The van der Waals surface area contributed by atoms with E-state index in [4.69, 9.17) is 10.5 Å². The molecule has 2 aromatic heterocycles. The average molecular weight is 268 g/mol. The van der Waals surface area contributed by atoms with E-state index in [2.05, 4.69) is 9.97 Å². The first kappa shape index (κ1) is 12.4. The first-order valence-electron chi connectivity index (χ1n) is 5.26. The van der Waals surface area contributed by atoms with Crippen molar-refractivity contribution in [3.05, 3.63) is 32.8 Å². The summed E-state index contributed by atoms with van der Waals surface area (Å²) in [7, 11) is 0. The van der Waals surface area contributed by atoms with E-state index in [9.17, 15) is 9.59 Å². The zero-order chi connectivity index (χ0) is 13.1. The molecule has 18 heavy (non-hydrogen) atoms. The molecule has 8 heteroatoms. The van der Waals surface area contributed by atoms with Crippen LogP contribution in [-0.4, -0.2) is 27.1 Å². The van der Waals surface area contributed by atoms with Crippen molar-refractivity contribution in [2.75, 3.05) is 12.3 Å². The fourth-order valence-corrected chi connectivity index (χ4v) is 2.02. The number of aromatic nitrogens is 3. The molecular weight excluding hydrogens is 256 g/mol. The lowest BCUT2D eigenvalue weighted by atomic mass is 10.4. The second kappa shape index (κ2) is 5.05. The van der Waals surface area contributed by atoms with Gasteiger partial charge in [-0.05, 0) is 6.92 Å². The molecule has 3 N–H and O–H groups in total. The van der Waals surface area contributed by atoms with Crippen LogP contribution in [0, 0.1) is 0 Å². The number of aromatic amines is 1. The number of nitrogens with two attached hydrogens (primary N) is 1. The molecule has 0 saturated heterocycles. The van der Waals surface area contributed by atoms with E-state index < -0.39 is 5.97 Å². The molecule has 0 aromatic carbocycles. The molecule has 0 aliphatic carbocycles. The lowest BCUT2D eigenvalue weighted by Crippen LogP contribution is -2.10. The van der Waals surface area contributed by atoms with Gasteiger partial charge in [0.2, 0.25) is 0 Å². The molecule has 2 rings (SSSR count). The number of carbonyl (C=O) groups excluding carboxylic acids is 1. The number of imidazole rings is 1. The summed E-state index contributed by atoms with van der Waals surface area (Å²) in [6.45, 7) is 2.33. The van der Waals surface area contributed by atoms with Crippen molar-refractivity contribution in [2.24, 2.45) is 0 Å². The number of anilines is 1. The van der Waals surface area contributed by atoms with Gasteiger partial charge < -0.3 is 20.0 Å². The highest BCUT2D eigenvalue weighted by Gasteiger charge is 2.17. The maximum absolute atomic E-state index is 11.5. The van der Waals surface area contributed by atoms with Crippen LogP contribution in [0.2, 0.25) is 0 Å². The predicted molar refractivity (Wildman–Crippen MR) is 66.6 cm³/mol. The number of carbonyl (C=O) groups is 1. The number of nitrogens with zero attached hydrogens (tertiary/aromatic N) is 2. The number of H-pyrrole nitrogens is 1. The summed E-state index contributed by atoms with van der Waals surface area (Å²) in [4.78, 5) is 28.9. The summed E-state index contributed by atoms with van der Waals surface area (Å²) in [6, 6.07) is 0. The number of ether oxygens (including phenoxy) is 1. The number of nitrogens with one attached hydrogen (secondary N) is 1. The molecule has 2 aromatic rings. The van der Waals surface area contributed by atoms with Crippen molar-refractivity contribution >= 4 is 23.1 Å². The third-order valence-electron chi connectivity index (χ3n) is 2.26. The maximum atomic E-state index is 11.5. The molecular formula is C10H12N4O3S. The minimum Gasteiger partial charge on any atom is -0.461 e. The number of thiazole rings is 1. The summed E-state index contributed by atoms with van der Waals surface area (Å²) < 4.78 is 6.40. The van der Waals surface area contributed by atoms with Crippen LogP contribution in [0.5, 0.6) is 0 Å². The van der Waals surface area contributed by atoms with Gasteiger partial charge in [0.1, 0.15) is 5.82 Å². The SMILES string of the molecule is CCOC(=O)c1ncn(Cc2csc(=O)[nH]2)c1N. The smallest absolute Gasteiger partial charge is 0.360 e. The third-order valence-corrected chi connectivity index (χ3v) is 2.98. The lowest BCUT2D eigenvalue weighted by Gasteiger charge is -2.03. The minimum atomic E-state index is -0.549. The first-order chi connectivity index (χ1) is 8.61. The predicted octanol–water partition coefficient (Wildman–Crippen LogP) is 0.440. The zero-order valence-electron chi connectivity index (χ0n) is 9.67. The Bertz CT molecular complexity index is 613. The van der Waals surface area contributed by atoms with Crippen molar-refractivity contribution in [2.45, 2.75) is 13.5 Å². The molecule has 96 valence electrons. The monoisotopic (exact) mass is 268 g/mol. The van der Waals surface area contributed by atoms with Gasteiger partial charge in [0.15, 0.2) is 5.69 Å². The van der Waals surface area contributed by atoms with Crippen LogP contribution in [0.3, 0.4) is 0 Å². The highest BCUT2D eigenvalue weighted by atomic mass is 32.1. The quantitative estimate of drug-likeness (QED) is 0.783. The Hall–Kier alpha value is -2.09. The molecule has 0 radical (unpaired) electrons. The molecule has 0 aliphatic heterocycles. The zero-order valence-corrected chi connectivity index (χ0v) is 10.5. The minimum absolute atomic E-state index is 0.0921. The number of hydrogen-bond donors (Lipinski definition) is 2. The molecule has 0 aliphatic rings. The van der Waals surface area contributed by atoms with Crippen molar-refractivity contribution in [3.63, 3.8) is 0 Å². The first-order valence-corrected chi connectivity index (χ1v) is 6.14. The largest absolute Gasteiger partial charge is 0.461 e. The number of rotatable bonds is 4. The third kappa shape index (κ3) is 2.43. The number of nitrogen functional groups attached to an aromatic ring is 1. The summed E-state index contributed by atoms with van der Waals surface area (Å²) in [5.74, 6) is -0.326. The average Bonchev–Trinajstić information content (AvgIpc) is 2.88. The molecule has 0 bridgehead atoms. The van der Waals surface area contributed by atoms with E-state index in [-0.39, 0.29) is 23.0 Å². The van der Waals surface area contributed by atoms with E-state index in [0.29, 0.717) is 12.2 Å². The molecule has 0 fully saturated rings. The fraction of sp³-hybridized carbons (Fsp3) is 0.300. The van der Waals surface area contributed by atoms with Crippen molar-refractivity contribution in [1.82, 2.24) is 14.5 Å². The standard InChI is InChI=1S/C10H12N4O3S/c1-2-17-9(15)7-8(11)14(5-12-7)3-6-4-18-10(16)13-6/h4-5H,2-3,11H2,1H3,(H,13,16). The van der Waals surface area contributed by atoms with Crippen LogP contribution in [0.25, 0.3) is 0 Å².